The zero-order valence-corrected chi connectivity index (χ0v) is 16.5. The minimum Gasteiger partial charge on any atom is -0.360 e. The number of hydrogen-bond acceptors (Lipinski definition) is 4. The van der Waals surface area contributed by atoms with Crippen LogP contribution in [0.2, 0.25) is 0 Å². The molecule has 0 radical (unpaired) electrons. The zero-order chi connectivity index (χ0) is 20.5. The largest absolute Gasteiger partial charge is 0.360 e. The molecule has 0 spiro atoms. The van der Waals surface area contributed by atoms with Gasteiger partial charge in [0.1, 0.15) is 5.76 Å². The smallest absolute Gasteiger partial charge is 0.264 e. The first kappa shape index (κ1) is 18.7. The number of nitrogens with one attached hydrogen (secondary N) is 1. The molecule has 2 aromatic carbocycles. The number of benzene rings is 2. The SMILES string of the molecule is Cc1ccc(C)c(CC(=O)Nc2cccc3c(=O)n(-c4cc(C)on4)ccc23)c1. The standard InChI is InChI=1S/C23H21N3O3/c1-14-7-8-15(2)17(11-14)13-22(27)24-20-6-4-5-19-18(20)9-10-26(23(19)28)21-12-16(3)29-25-21/h4-12H,13H2,1-3H3,(H,24,27). The van der Waals surface area contributed by atoms with E-state index in [1.807, 2.05) is 32.0 Å². The van der Waals surface area contributed by atoms with Crippen LogP contribution in [0.3, 0.4) is 0 Å². The van der Waals surface area contributed by atoms with Crippen molar-refractivity contribution in [1.82, 2.24) is 9.72 Å². The highest BCUT2D eigenvalue weighted by atomic mass is 16.5. The van der Waals surface area contributed by atoms with Crippen molar-refractivity contribution in [1.29, 1.82) is 0 Å². The summed E-state index contributed by atoms with van der Waals surface area (Å²) in [5, 5.41) is 8.04. The lowest BCUT2D eigenvalue weighted by molar-refractivity contribution is -0.115. The van der Waals surface area contributed by atoms with Gasteiger partial charge in [-0.2, -0.15) is 0 Å². The Balaban J connectivity index is 1.66. The predicted molar refractivity (Wildman–Crippen MR) is 113 cm³/mol. The number of pyridine rings is 1. The maximum absolute atomic E-state index is 12.9. The molecule has 6 heteroatoms. The number of nitrogens with zero attached hydrogens (tertiary/aromatic N) is 2. The third-order valence-corrected chi connectivity index (χ3v) is 4.94. The van der Waals surface area contributed by atoms with Gasteiger partial charge in [0.15, 0.2) is 5.82 Å². The van der Waals surface area contributed by atoms with Gasteiger partial charge in [-0.3, -0.25) is 14.2 Å². The minimum atomic E-state index is -0.221. The van der Waals surface area contributed by atoms with Crippen LogP contribution in [-0.4, -0.2) is 15.6 Å². The van der Waals surface area contributed by atoms with Gasteiger partial charge in [0.05, 0.1) is 6.42 Å². The Morgan fingerprint density at radius 2 is 1.90 bits per heavy atom. The molecule has 0 fully saturated rings. The number of anilines is 1. The van der Waals surface area contributed by atoms with Gasteiger partial charge < -0.3 is 9.84 Å². The fourth-order valence-corrected chi connectivity index (χ4v) is 3.39. The molecule has 29 heavy (non-hydrogen) atoms. The maximum atomic E-state index is 12.9. The van der Waals surface area contributed by atoms with E-state index in [9.17, 15) is 9.59 Å². The van der Waals surface area contributed by atoms with E-state index in [1.54, 1.807) is 43.5 Å². The average molecular weight is 387 g/mol. The van der Waals surface area contributed by atoms with Crippen LogP contribution >= 0.6 is 0 Å². The van der Waals surface area contributed by atoms with E-state index in [0.717, 1.165) is 16.7 Å². The number of fused-ring (bicyclic) bond motifs is 1. The number of hydrogen-bond donors (Lipinski definition) is 1. The summed E-state index contributed by atoms with van der Waals surface area (Å²) in [5.41, 5.74) is 3.58. The van der Waals surface area contributed by atoms with Crippen LogP contribution in [0.25, 0.3) is 16.6 Å². The lowest BCUT2D eigenvalue weighted by Gasteiger charge is -2.11. The van der Waals surface area contributed by atoms with Gasteiger partial charge in [0.2, 0.25) is 5.91 Å². The molecule has 0 aliphatic rings. The van der Waals surface area contributed by atoms with Crippen LogP contribution < -0.4 is 10.9 Å². The molecule has 0 unspecified atom stereocenters. The highest BCUT2D eigenvalue weighted by Gasteiger charge is 2.13. The number of aromatic nitrogens is 2. The van der Waals surface area contributed by atoms with Crippen LogP contribution in [0.15, 0.2) is 64.0 Å². The van der Waals surface area contributed by atoms with Gasteiger partial charge in [0, 0.05) is 28.7 Å². The van der Waals surface area contributed by atoms with Crippen LogP contribution in [0.4, 0.5) is 5.69 Å². The number of rotatable bonds is 4. The Labute approximate surface area is 167 Å². The van der Waals surface area contributed by atoms with Gasteiger partial charge in [-0.05, 0) is 50.1 Å². The molecule has 0 bridgehead atoms. The fourth-order valence-electron chi connectivity index (χ4n) is 3.39. The van der Waals surface area contributed by atoms with E-state index < -0.39 is 0 Å². The van der Waals surface area contributed by atoms with Crippen molar-refractivity contribution in [3.63, 3.8) is 0 Å². The average Bonchev–Trinajstić information content (AvgIpc) is 3.11. The Bertz CT molecular complexity index is 1280. The van der Waals surface area contributed by atoms with E-state index in [-0.39, 0.29) is 17.9 Å². The Morgan fingerprint density at radius 1 is 1.07 bits per heavy atom. The summed E-state index contributed by atoms with van der Waals surface area (Å²) in [6, 6.07) is 14.9. The molecule has 0 aliphatic heterocycles. The predicted octanol–water partition coefficient (Wildman–Crippen LogP) is 4.09. The van der Waals surface area contributed by atoms with Crippen LogP contribution in [-0.2, 0) is 11.2 Å². The summed E-state index contributed by atoms with van der Waals surface area (Å²) in [4.78, 5) is 25.6. The molecule has 0 atom stereocenters. The molecule has 146 valence electrons. The second kappa shape index (κ2) is 7.39. The quantitative estimate of drug-likeness (QED) is 0.572. The van der Waals surface area contributed by atoms with E-state index in [0.29, 0.717) is 28.0 Å². The molecule has 1 N–H and O–H groups in total. The summed E-state index contributed by atoms with van der Waals surface area (Å²) in [6.07, 6.45) is 1.92. The zero-order valence-electron chi connectivity index (χ0n) is 16.5. The van der Waals surface area contributed by atoms with E-state index in [1.165, 1.54) is 4.57 Å². The second-order valence-corrected chi connectivity index (χ2v) is 7.21. The molecule has 6 nitrogen and oxygen atoms in total. The first-order valence-corrected chi connectivity index (χ1v) is 9.36. The normalized spacial score (nSPS) is 11.0. The lowest BCUT2D eigenvalue weighted by Crippen LogP contribution is -2.19. The van der Waals surface area contributed by atoms with Gasteiger partial charge in [-0.15, -0.1) is 0 Å². The highest BCUT2D eigenvalue weighted by molar-refractivity contribution is 6.02. The molecular weight excluding hydrogens is 366 g/mol. The molecule has 2 aromatic heterocycles. The fraction of sp³-hybridized carbons (Fsp3) is 0.174. The number of carbonyl (C=O) groups is 1. The topological polar surface area (TPSA) is 77.1 Å². The summed E-state index contributed by atoms with van der Waals surface area (Å²) >= 11 is 0. The van der Waals surface area contributed by atoms with Crippen molar-refractivity contribution in [2.45, 2.75) is 27.2 Å². The van der Waals surface area contributed by atoms with Gasteiger partial charge in [-0.25, -0.2) is 0 Å². The van der Waals surface area contributed by atoms with Crippen LogP contribution in [0.5, 0.6) is 0 Å². The van der Waals surface area contributed by atoms with E-state index in [2.05, 4.69) is 10.5 Å². The Morgan fingerprint density at radius 3 is 2.66 bits per heavy atom. The maximum Gasteiger partial charge on any atom is 0.264 e. The molecule has 1 amide bonds. The number of aryl methyl sites for hydroxylation is 3. The van der Waals surface area contributed by atoms with Gasteiger partial charge in [-0.1, -0.05) is 35.0 Å². The summed E-state index contributed by atoms with van der Waals surface area (Å²) in [5.74, 6) is 0.931. The van der Waals surface area contributed by atoms with Crippen molar-refractivity contribution in [3.8, 4) is 5.82 Å². The van der Waals surface area contributed by atoms with Crippen molar-refractivity contribution < 1.29 is 9.32 Å². The molecule has 0 saturated carbocycles. The molecule has 2 heterocycles. The third-order valence-electron chi connectivity index (χ3n) is 4.94. The number of carbonyl (C=O) groups excluding carboxylic acids is 1. The van der Waals surface area contributed by atoms with Crippen LogP contribution in [0, 0.1) is 20.8 Å². The Hall–Kier alpha value is -3.67. The summed E-state index contributed by atoms with van der Waals surface area (Å²) < 4.78 is 6.50. The molecule has 4 aromatic rings. The summed E-state index contributed by atoms with van der Waals surface area (Å²) in [6.45, 7) is 5.77. The number of amides is 1. The Kier molecular flexibility index (Phi) is 4.76. The first-order chi connectivity index (χ1) is 13.9. The second-order valence-electron chi connectivity index (χ2n) is 7.21. The van der Waals surface area contributed by atoms with Crippen molar-refractivity contribution in [2.24, 2.45) is 0 Å². The van der Waals surface area contributed by atoms with Crippen molar-refractivity contribution in [3.05, 3.63) is 87.5 Å². The van der Waals surface area contributed by atoms with Crippen molar-refractivity contribution >= 4 is 22.4 Å². The lowest BCUT2D eigenvalue weighted by atomic mass is 10.0. The molecule has 0 saturated heterocycles. The highest BCUT2D eigenvalue weighted by Crippen LogP contribution is 2.22. The minimum absolute atomic E-state index is 0.123. The van der Waals surface area contributed by atoms with E-state index >= 15 is 0 Å². The third kappa shape index (κ3) is 3.69. The summed E-state index contributed by atoms with van der Waals surface area (Å²) in [7, 11) is 0. The van der Waals surface area contributed by atoms with Gasteiger partial charge >= 0.3 is 0 Å². The molecule has 0 aliphatic carbocycles. The molecule has 4 rings (SSSR count). The van der Waals surface area contributed by atoms with E-state index in [4.69, 9.17) is 4.52 Å². The van der Waals surface area contributed by atoms with Crippen LogP contribution in [0.1, 0.15) is 22.5 Å². The molecular formula is C23H21N3O3. The van der Waals surface area contributed by atoms with Crippen molar-refractivity contribution in [2.75, 3.05) is 5.32 Å². The first-order valence-electron chi connectivity index (χ1n) is 9.36. The monoisotopic (exact) mass is 387 g/mol. The van der Waals surface area contributed by atoms with Gasteiger partial charge in [0.25, 0.3) is 5.56 Å².